The van der Waals surface area contributed by atoms with Crippen LogP contribution in [0.3, 0.4) is 0 Å². The highest BCUT2D eigenvalue weighted by Crippen LogP contribution is 2.14. The zero-order valence-electron chi connectivity index (χ0n) is 11.3. The van der Waals surface area contributed by atoms with Crippen LogP contribution < -0.4 is 16.4 Å². The van der Waals surface area contributed by atoms with Crippen LogP contribution in [0.2, 0.25) is 10.0 Å². The highest BCUT2D eigenvalue weighted by Gasteiger charge is 2.12. The number of nitrogens with zero attached hydrogens (tertiary/aromatic N) is 2. The molecule has 2 amide bonds. The monoisotopic (exact) mass is 358 g/mol. The summed E-state index contributed by atoms with van der Waals surface area (Å²) in [5, 5.41) is 3.36. The van der Waals surface area contributed by atoms with Gasteiger partial charge in [0, 0.05) is 5.56 Å². The summed E-state index contributed by atoms with van der Waals surface area (Å²) >= 11 is 11.3. The maximum absolute atomic E-state index is 12.7. The van der Waals surface area contributed by atoms with Gasteiger partial charge in [-0.05, 0) is 24.3 Å². The number of hydrogen-bond donors (Lipinski definition) is 2. The molecular formula is C13H9Cl2FN4O3. The van der Waals surface area contributed by atoms with Crippen LogP contribution in [-0.2, 0) is 11.3 Å². The maximum Gasteiger partial charge on any atom is 0.287 e. The lowest BCUT2D eigenvalue weighted by Crippen LogP contribution is -2.44. The molecule has 2 aromatic rings. The molecule has 1 aromatic heterocycles. The van der Waals surface area contributed by atoms with Crippen LogP contribution in [0.15, 0.2) is 35.3 Å². The molecule has 0 unspecified atom stereocenters. The second kappa shape index (κ2) is 7.21. The molecule has 0 aliphatic carbocycles. The van der Waals surface area contributed by atoms with Crippen LogP contribution >= 0.6 is 23.2 Å². The minimum Gasteiger partial charge on any atom is -0.271 e. The highest BCUT2D eigenvalue weighted by molar-refractivity contribution is 6.41. The SMILES string of the molecule is O=C(Cn1ncc(Cl)c(Cl)c1=O)NNC(=O)c1ccc(F)cc1. The predicted octanol–water partition coefficient (Wildman–Crippen LogP) is 1.15. The van der Waals surface area contributed by atoms with E-state index in [1.165, 1.54) is 12.1 Å². The summed E-state index contributed by atoms with van der Waals surface area (Å²) in [7, 11) is 0. The van der Waals surface area contributed by atoms with Crippen molar-refractivity contribution in [2.75, 3.05) is 0 Å². The van der Waals surface area contributed by atoms with Gasteiger partial charge in [0.2, 0.25) is 0 Å². The van der Waals surface area contributed by atoms with Crippen LogP contribution in [0.25, 0.3) is 0 Å². The fraction of sp³-hybridized carbons (Fsp3) is 0.0769. The number of amides is 2. The van der Waals surface area contributed by atoms with Gasteiger partial charge in [0.15, 0.2) is 0 Å². The number of hydrazine groups is 1. The molecular weight excluding hydrogens is 350 g/mol. The number of carbonyl (C=O) groups excluding carboxylic acids is 2. The maximum atomic E-state index is 12.7. The van der Waals surface area contributed by atoms with E-state index in [4.69, 9.17) is 23.2 Å². The van der Waals surface area contributed by atoms with Gasteiger partial charge in [-0.15, -0.1) is 0 Å². The summed E-state index contributed by atoms with van der Waals surface area (Å²) < 4.78 is 13.5. The second-order valence-electron chi connectivity index (χ2n) is 4.28. The van der Waals surface area contributed by atoms with E-state index in [9.17, 15) is 18.8 Å². The number of rotatable bonds is 3. The first-order valence-corrected chi connectivity index (χ1v) is 6.90. The molecule has 0 spiro atoms. The van der Waals surface area contributed by atoms with Crippen molar-refractivity contribution in [2.45, 2.75) is 6.54 Å². The molecule has 2 rings (SSSR count). The first-order chi connectivity index (χ1) is 10.9. The van der Waals surface area contributed by atoms with Crippen molar-refractivity contribution >= 4 is 35.0 Å². The standard InChI is InChI=1S/C13H9Cl2FN4O3/c14-9-5-17-20(13(23)11(9)15)6-10(21)18-19-12(22)7-1-3-8(16)4-2-7/h1-5H,6H2,(H,18,21)(H,19,22). The van der Waals surface area contributed by atoms with E-state index in [0.29, 0.717) is 0 Å². The lowest BCUT2D eigenvalue weighted by molar-refractivity contribution is -0.122. The molecule has 10 heteroatoms. The lowest BCUT2D eigenvalue weighted by Gasteiger charge is -2.08. The number of carbonyl (C=O) groups is 2. The average Bonchev–Trinajstić information content (AvgIpc) is 2.54. The molecule has 120 valence electrons. The van der Waals surface area contributed by atoms with E-state index >= 15 is 0 Å². The summed E-state index contributed by atoms with van der Waals surface area (Å²) in [5.74, 6) is -1.85. The first kappa shape index (κ1) is 16.9. The summed E-state index contributed by atoms with van der Waals surface area (Å²) in [6, 6.07) is 4.72. The van der Waals surface area contributed by atoms with Crippen molar-refractivity contribution < 1.29 is 14.0 Å². The molecule has 1 heterocycles. The van der Waals surface area contributed by atoms with Crippen molar-refractivity contribution in [1.82, 2.24) is 20.6 Å². The van der Waals surface area contributed by atoms with Gasteiger partial charge in [-0.3, -0.25) is 25.2 Å². The Morgan fingerprint density at radius 2 is 1.83 bits per heavy atom. The van der Waals surface area contributed by atoms with Gasteiger partial charge in [-0.1, -0.05) is 23.2 Å². The number of nitrogens with one attached hydrogen (secondary N) is 2. The van der Waals surface area contributed by atoms with Gasteiger partial charge in [0.1, 0.15) is 17.4 Å². The Hall–Kier alpha value is -2.45. The third kappa shape index (κ3) is 4.27. The Kier molecular flexibility index (Phi) is 5.30. The second-order valence-corrected chi connectivity index (χ2v) is 5.06. The number of benzene rings is 1. The zero-order chi connectivity index (χ0) is 17.0. The quantitative estimate of drug-likeness (QED) is 0.805. The van der Waals surface area contributed by atoms with Crippen LogP contribution in [0.5, 0.6) is 0 Å². The van der Waals surface area contributed by atoms with E-state index in [-0.39, 0.29) is 15.6 Å². The smallest absolute Gasteiger partial charge is 0.271 e. The normalized spacial score (nSPS) is 10.2. The van der Waals surface area contributed by atoms with Gasteiger partial charge in [-0.2, -0.15) is 5.10 Å². The molecule has 2 N–H and O–H groups in total. The lowest BCUT2D eigenvalue weighted by atomic mass is 10.2. The molecule has 0 saturated heterocycles. The van der Waals surface area contributed by atoms with E-state index in [2.05, 4.69) is 16.0 Å². The van der Waals surface area contributed by atoms with Gasteiger partial charge in [0.05, 0.1) is 11.2 Å². The van der Waals surface area contributed by atoms with Crippen molar-refractivity contribution in [3.8, 4) is 0 Å². The number of hydrogen-bond acceptors (Lipinski definition) is 4. The van der Waals surface area contributed by atoms with Crippen molar-refractivity contribution in [1.29, 1.82) is 0 Å². The molecule has 7 nitrogen and oxygen atoms in total. The predicted molar refractivity (Wildman–Crippen MR) is 80.5 cm³/mol. The van der Waals surface area contributed by atoms with Crippen LogP contribution in [0.1, 0.15) is 10.4 Å². The van der Waals surface area contributed by atoms with Crippen molar-refractivity contribution in [3.63, 3.8) is 0 Å². The van der Waals surface area contributed by atoms with Gasteiger partial charge < -0.3 is 0 Å². The Bertz CT molecular complexity index is 808. The molecule has 0 atom stereocenters. The Balaban J connectivity index is 1.95. The molecule has 23 heavy (non-hydrogen) atoms. The van der Waals surface area contributed by atoms with Gasteiger partial charge in [-0.25, -0.2) is 9.07 Å². The molecule has 0 aliphatic rings. The minimum atomic E-state index is -0.737. The molecule has 0 radical (unpaired) electrons. The Morgan fingerprint density at radius 1 is 1.17 bits per heavy atom. The van der Waals surface area contributed by atoms with E-state index in [0.717, 1.165) is 23.0 Å². The van der Waals surface area contributed by atoms with Crippen LogP contribution in [-0.4, -0.2) is 21.6 Å². The van der Waals surface area contributed by atoms with Gasteiger partial charge in [0.25, 0.3) is 17.4 Å². The van der Waals surface area contributed by atoms with E-state index in [1.54, 1.807) is 0 Å². The van der Waals surface area contributed by atoms with E-state index < -0.39 is 29.7 Å². The summed E-state index contributed by atoms with van der Waals surface area (Å²) in [4.78, 5) is 35.1. The zero-order valence-corrected chi connectivity index (χ0v) is 12.9. The van der Waals surface area contributed by atoms with Crippen LogP contribution in [0, 0.1) is 5.82 Å². The molecule has 0 aliphatic heterocycles. The van der Waals surface area contributed by atoms with Crippen molar-refractivity contribution in [2.24, 2.45) is 0 Å². The molecule has 1 aromatic carbocycles. The molecule has 0 fully saturated rings. The third-order valence-electron chi connectivity index (χ3n) is 2.66. The fourth-order valence-corrected chi connectivity index (χ4v) is 1.80. The summed E-state index contributed by atoms with van der Waals surface area (Å²) in [5.41, 5.74) is 3.63. The van der Waals surface area contributed by atoms with Crippen molar-refractivity contribution in [3.05, 3.63) is 62.2 Å². The number of halogens is 3. The fourth-order valence-electron chi connectivity index (χ4n) is 1.53. The highest BCUT2D eigenvalue weighted by atomic mass is 35.5. The van der Waals surface area contributed by atoms with Crippen LogP contribution in [0.4, 0.5) is 4.39 Å². The summed E-state index contributed by atoms with van der Waals surface area (Å²) in [6.45, 7) is -0.473. The molecule has 0 bridgehead atoms. The van der Waals surface area contributed by atoms with Gasteiger partial charge >= 0.3 is 0 Å². The topological polar surface area (TPSA) is 93.1 Å². The Morgan fingerprint density at radius 3 is 2.48 bits per heavy atom. The Labute approximate surface area is 139 Å². The average molecular weight is 359 g/mol. The third-order valence-corrected chi connectivity index (χ3v) is 3.41. The first-order valence-electron chi connectivity index (χ1n) is 6.14. The largest absolute Gasteiger partial charge is 0.287 e. The number of aromatic nitrogens is 2. The molecule has 0 saturated carbocycles. The summed E-state index contributed by atoms with van der Waals surface area (Å²) in [6.07, 6.45) is 1.12. The van der Waals surface area contributed by atoms with E-state index in [1.807, 2.05) is 0 Å². The minimum absolute atomic E-state index is 0.0297.